The minimum atomic E-state index is -3.52. The highest BCUT2D eigenvalue weighted by atomic mass is 32.2. The number of nitrogen functional groups attached to an aromatic ring is 1. The lowest BCUT2D eigenvalue weighted by atomic mass is 10.1. The number of hydrogen-bond donors (Lipinski definition) is 3. The fourth-order valence-corrected chi connectivity index (χ4v) is 2.77. The molecule has 4 N–H and O–H groups in total. The number of rotatable bonds is 6. The van der Waals surface area contributed by atoms with Crippen molar-refractivity contribution >= 4 is 15.8 Å². The molecule has 2 aromatic heterocycles. The molecule has 0 amide bonds. The van der Waals surface area contributed by atoms with Crippen LogP contribution in [0.25, 0.3) is 0 Å². The molecule has 0 radical (unpaired) electrons. The Labute approximate surface area is 117 Å². The number of nitrogens with one attached hydrogen (secondary N) is 2. The number of nitrogens with zero attached hydrogens (tertiary/aromatic N) is 2. The van der Waals surface area contributed by atoms with Gasteiger partial charge in [-0.25, -0.2) is 18.1 Å². The Bertz CT molecular complexity index is 663. The molecule has 0 bridgehead atoms. The average Bonchev–Trinajstić information content (AvgIpc) is 2.81. The molecule has 0 saturated carbocycles. The van der Waals surface area contributed by atoms with Crippen LogP contribution in [0.1, 0.15) is 17.7 Å². The second kappa shape index (κ2) is 6.02. The summed E-state index contributed by atoms with van der Waals surface area (Å²) in [7, 11) is -3.52. The van der Waals surface area contributed by atoms with E-state index in [0.29, 0.717) is 18.8 Å². The Balaban J connectivity index is 1.87. The summed E-state index contributed by atoms with van der Waals surface area (Å²) < 4.78 is 26.5. The first-order chi connectivity index (χ1) is 9.49. The van der Waals surface area contributed by atoms with Crippen LogP contribution >= 0.6 is 0 Å². The number of hydrogen-bond acceptors (Lipinski definition) is 5. The van der Waals surface area contributed by atoms with E-state index in [1.165, 1.54) is 18.3 Å². The van der Waals surface area contributed by atoms with Gasteiger partial charge in [0.2, 0.25) is 10.0 Å². The molecule has 0 atom stereocenters. The minimum Gasteiger partial charge on any atom is -0.384 e. The molecule has 0 aliphatic heterocycles. The molecule has 0 fully saturated rings. The lowest BCUT2D eigenvalue weighted by molar-refractivity contribution is 0.578. The van der Waals surface area contributed by atoms with E-state index in [1.54, 1.807) is 6.20 Å². The van der Waals surface area contributed by atoms with Gasteiger partial charge in [0, 0.05) is 18.4 Å². The van der Waals surface area contributed by atoms with Crippen molar-refractivity contribution in [3.8, 4) is 0 Å². The quantitative estimate of drug-likeness (QED) is 0.675. The predicted molar refractivity (Wildman–Crippen MR) is 75.5 cm³/mol. The lowest BCUT2D eigenvalue weighted by Crippen LogP contribution is -2.25. The molecule has 2 aromatic rings. The molecule has 0 aliphatic rings. The van der Waals surface area contributed by atoms with Crippen LogP contribution in [0.5, 0.6) is 0 Å². The smallest absolute Gasteiger partial charge is 0.242 e. The van der Waals surface area contributed by atoms with E-state index in [1.807, 2.05) is 6.92 Å². The Kier molecular flexibility index (Phi) is 4.35. The van der Waals surface area contributed by atoms with Crippen molar-refractivity contribution in [2.75, 3.05) is 12.3 Å². The van der Waals surface area contributed by atoms with Crippen molar-refractivity contribution in [1.82, 2.24) is 19.9 Å². The Hall–Kier alpha value is -1.93. The minimum absolute atomic E-state index is 0.117. The summed E-state index contributed by atoms with van der Waals surface area (Å²) >= 11 is 0. The van der Waals surface area contributed by atoms with E-state index < -0.39 is 10.0 Å². The van der Waals surface area contributed by atoms with Gasteiger partial charge in [-0.05, 0) is 37.5 Å². The van der Waals surface area contributed by atoms with Gasteiger partial charge in [0.25, 0.3) is 0 Å². The standard InChI is InChI=1S/C12H17N5O2S/c1-9-10(7-15-17-9)3-2-6-16-20(18,19)11-4-5-12(13)14-8-11/h4-5,7-8,16H,2-3,6H2,1H3,(H2,13,14)(H,15,17). The maximum Gasteiger partial charge on any atom is 0.242 e. The van der Waals surface area contributed by atoms with Crippen LogP contribution in [0.3, 0.4) is 0 Å². The number of sulfonamides is 1. The molecule has 0 spiro atoms. The van der Waals surface area contributed by atoms with Gasteiger partial charge in [0.05, 0.1) is 6.20 Å². The third-order valence-electron chi connectivity index (χ3n) is 2.92. The van der Waals surface area contributed by atoms with E-state index in [0.717, 1.165) is 17.7 Å². The van der Waals surface area contributed by atoms with Gasteiger partial charge in [0.15, 0.2) is 0 Å². The van der Waals surface area contributed by atoms with Gasteiger partial charge in [-0.15, -0.1) is 0 Å². The van der Waals surface area contributed by atoms with Crippen LogP contribution in [-0.2, 0) is 16.4 Å². The average molecular weight is 295 g/mol. The van der Waals surface area contributed by atoms with E-state index in [4.69, 9.17) is 5.73 Å². The zero-order chi connectivity index (χ0) is 14.6. The van der Waals surface area contributed by atoms with Crippen molar-refractivity contribution in [3.63, 3.8) is 0 Å². The molecule has 20 heavy (non-hydrogen) atoms. The molecule has 7 nitrogen and oxygen atoms in total. The van der Waals surface area contributed by atoms with Gasteiger partial charge < -0.3 is 5.73 Å². The third kappa shape index (κ3) is 3.55. The van der Waals surface area contributed by atoms with E-state index in [2.05, 4.69) is 19.9 Å². The van der Waals surface area contributed by atoms with Crippen LogP contribution in [0.2, 0.25) is 0 Å². The Morgan fingerprint density at radius 3 is 2.75 bits per heavy atom. The van der Waals surface area contributed by atoms with Crippen molar-refractivity contribution in [3.05, 3.63) is 35.8 Å². The predicted octanol–water partition coefficient (Wildman–Crippen LogP) is 0.606. The fraction of sp³-hybridized carbons (Fsp3) is 0.333. The first-order valence-electron chi connectivity index (χ1n) is 6.19. The number of aromatic amines is 1. The van der Waals surface area contributed by atoms with Gasteiger partial charge in [0.1, 0.15) is 10.7 Å². The number of pyridine rings is 1. The zero-order valence-corrected chi connectivity index (χ0v) is 11.9. The summed E-state index contributed by atoms with van der Waals surface area (Å²) in [4.78, 5) is 3.89. The summed E-state index contributed by atoms with van der Waals surface area (Å²) in [6.45, 7) is 2.30. The van der Waals surface area contributed by atoms with E-state index >= 15 is 0 Å². The molecule has 8 heteroatoms. The van der Waals surface area contributed by atoms with Gasteiger partial charge in [-0.3, -0.25) is 5.10 Å². The third-order valence-corrected chi connectivity index (χ3v) is 4.37. The van der Waals surface area contributed by atoms with Crippen LogP contribution in [0.15, 0.2) is 29.4 Å². The molecule has 0 unspecified atom stereocenters. The lowest BCUT2D eigenvalue weighted by Gasteiger charge is -2.06. The van der Waals surface area contributed by atoms with Crippen molar-refractivity contribution in [2.45, 2.75) is 24.7 Å². The molecule has 108 valence electrons. The summed E-state index contributed by atoms with van der Waals surface area (Å²) in [5.74, 6) is 0.291. The number of anilines is 1. The topological polar surface area (TPSA) is 114 Å². The zero-order valence-electron chi connectivity index (χ0n) is 11.1. The molecule has 0 aliphatic carbocycles. The maximum atomic E-state index is 12.0. The molecular weight excluding hydrogens is 278 g/mol. The monoisotopic (exact) mass is 295 g/mol. The number of aromatic nitrogens is 3. The number of H-pyrrole nitrogens is 1. The first-order valence-corrected chi connectivity index (χ1v) is 7.67. The Morgan fingerprint density at radius 2 is 2.15 bits per heavy atom. The fourth-order valence-electron chi connectivity index (χ4n) is 1.75. The molecular formula is C12H17N5O2S. The highest BCUT2D eigenvalue weighted by Gasteiger charge is 2.13. The summed E-state index contributed by atoms with van der Waals surface area (Å²) in [6, 6.07) is 2.90. The second-order valence-corrected chi connectivity index (χ2v) is 6.21. The number of nitrogens with two attached hydrogens (primary N) is 1. The maximum absolute atomic E-state index is 12.0. The van der Waals surface area contributed by atoms with Gasteiger partial charge in [-0.1, -0.05) is 0 Å². The van der Waals surface area contributed by atoms with E-state index in [-0.39, 0.29) is 4.90 Å². The molecule has 2 heterocycles. The van der Waals surface area contributed by atoms with Gasteiger partial charge >= 0.3 is 0 Å². The Morgan fingerprint density at radius 1 is 1.35 bits per heavy atom. The summed E-state index contributed by atoms with van der Waals surface area (Å²) in [5, 5.41) is 6.77. The van der Waals surface area contributed by atoms with Crippen molar-refractivity contribution in [1.29, 1.82) is 0 Å². The highest BCUT2D eigenvalue weighted by molar-refractivity contribution is 7.89. The van der Waals surface area contributed by atoms with Crippen LogP contribution in [0, 0.1) is 6.92 Å². The van der Waals surface area contributed by atoms with Crippen molar-refractivity contribution in [2.24, 2.45) is 0 Å². The first kappa shape index (κ1) is 14.5. The summed E-state index contributed by atoms with van der Waals surface area (Å²) in [6.07, 6.45) is 4.47. The largest absolute Gasteiger partial charge is 0.384 e. The molecule has 0 saturated heterocycles. The van der Waals surface area contributed by atoms with Crippen LogP contribution in [0.4, 0.5) is 5.82 Å². The van der Waals surface area contributed by atoms with Crippen LogP contribution < -0.4 is 10.5 Å². The van der Waals surface area contributed by atoms with Gasteiger partial charge in [-0.2, -0.15) is 5.10 Å². The van der Waals surface area contributed by atoms with Crippen LogP contribution in [-0.4, -0.2) is 30.1 Å². The normalized spacial score (nSPS) is 11.7. The second-order valence-electron chi connectivity index (χ2n) is 4.44. The SMILES string of the molecule is Cc1[nH]ncc1CCCNS(=O)(=O)c1ccc(N)nc1. The summed E-state index contributed by atoms with van der Waals surface area (Å²) in [5.41, 5.74) is 7.53. The molecule has 2 rings (SSSR count). The van der Waals surface area contributed by atoms with Crippen molar-refractivity contribution < 1.29 is 8.42 Å². The highest BCUT2D eigenvalue weighted by Crippen LogP contribution is 2.09. The number of aryl methyl sites for hydroxylation is 2. The molecule has 0 aromatic carbocycles. The van der Waals surface area contributed by atoms with E-state index in [9.17, 15) is 8.42 Å².